The third-order valence-corrected chi connectivity index (χ3v) is 3.13. The lowest BCUT2D eigenvalue weighted by atomic mass is 10.0. The number of para-hydroxylation sites is 1. The normalized spacial score (nSPS) is 11.8. The number of aryl methyl sites for hydroxylation is 1. The van der Waals surface area contributed by atoms with Crippen LogP contribution in [0, 0.1) is 18.6 Å². The second-order valence-electron chi connectivity index (χ2n) is 4.59. The summed E-state index contributed by atoms with van der Waals surface area (Å²) in [5, 5.41) is 2.79. The summed E-state index contributed by atoms with van der Waals surface area (Å²) in [6, 6.07) is 9.36. The molecule has 0 aromatic heterocycles. The molecule has 110 valence electrons. The molecule has 2 aromatic rings. The highest BCUT2D eigenvalue weighted by Gasteiger charge is 2.23. The second-order valence-corrected chi connectivity index (χ2v) is 4.59. The van der Waals surface area contributed by atoms with Crippen molar-refractivity contribution in [3.63, 3.8) is 0 Å². The minimum Gasteiger partial charge on any atom is -0.467 e. The number of hydrogen-bond donors (Lipinski definition) is 1. The van der Waals surface area contributed by atoms with Gasteiger partial charge in [0, 0.05) is 0 Å². The van der Waals surface area contributed by atoms with Crippen LogP contribution in [0.2, 0.25) is 0 Å². The monoisotopic (exact) mass is 291 g/mol. The van der Waals surface area contributed by atoms with E-state index in [0.717, 1.165) is 0 Å². The Balaban J connectivity index is 2.37. The molecule has 1 unspecified atom stereocenters. The van der Waals surface area contributed by atoms with Gasteiger partial charge >= 0.3 is 5.97 Å². The molecule has 21 heavy (non-hydrogen) atoms. The van der Waals surface area contributed by atoms with Crippen LogP contribution >= 0.6 is 0 Å². The summed E-state index contributed by atoms with van der Waals surface area (Å²) in [6.07, 6.45) is 0. The molecule has 3 nitrogen and oxygen atoms in total. The number of ether oxygens (including phenoxy) is 1. The fourth-order valence-corrected chi connectivity index (χ4v) is 1.98. The van der Waals surface area contributed by atoms with Crippen molar-refractivity contribution in [3.05, 3.63) is 65.2 Å². The van der Waals surface area contributed by atoms with Crippen molar-refractivity contribution in [2.45, 2.75) is 13.0 Å². The van der Waals surface area contributed by atoms with Crippen LogP contribution in [0.15, 0.2) is 42.5 Å². The van der Waals surface area contributed by atoms with E-state index in [1.165, 1.54) is 37.4 Å². The topological polar surface area (TPSA) is 38.3 Å². The Morgan fingerprint density at radius 2 is 1.86 bits per heavy atom. The van der Waals surface area contributed by atoms with Gasteiger partial charge in [0.1, 0.15) is 11.6 Å². The van der Waals surface area contributed by atoms with Gasteiger partial charge in [-0.15, -0.1) is 0 Å². The van der Waals surface area contributed by atoms with Gasteiger partial charge in [-0.3, -0.25) is 0 Å². The maximum absolute atomic E-state index is 13.7. The lowest BCUT2D eigenvalue weighted by Crippen LogP contribution is -2.23. The molecule has 5 heteroatoms. The number of anilines is 1. The Hall–Kier alpha value is -2.43. The summed E-state index contributed by atoms with van der Waals surface area (Å²) in [6.45, 7) is 1.59. The maximum Gasteiger partial charge on any atom is 0.332 e. The summed E-state index contributed by atoms with van der Waals surface area (Å²) in [4.78, 5) is 11.9. The van der Waals surface area contributed by atoms with Crippen LogP contribution in [0.4, 0.5) is 14.5 Å². The van der Waals surface area contributed by atoms with Crippen LogP contribution in [0.5, 0.6) is 0 Å². The van der Waals surface area contributed by atoms with Gasteiger partial charge < -0.3 is 10.1 Å². The SMILES string of the molecule is COC(=O)C(Nc1ccccc1F)c1ccc(F)c(C)c1. The zero-order valence-corrected chi connectivity index (χ0v) is 11.7. The van der Waals surface area contributed by atoms with Crippen molar-refractivity contribution >= 4 is 11.7 Å². The summed E-state index contributed by atoms with van der Waals surface area (Å²) >= 11 is 0. The van der Waals surface area contributed by atoms with Crippen molar-refractivity contribution < 1.29 is 18.3 Å². The van der Waals surface area contributed by atoms with E-state index in [0.29, 0.717) is 11.1 Å². The Labute approximate surface area is 121 Å². The number of hydrogen-bond acceptors (Lipinski definition) is 3. The molecule has 0 radical (unpaired) electrons. The molecule has 0 heterocycles. The van der Waals surface area contributed by atoms with Gasteiger partial charge in [0.2, 0.25) is 0 Å². The van der Waals surface area contributed by atoms with Gasteiger partial charge in [-0.05, 0) is 36.2 Å². The van der Waals surface area contributed by atoms with Crippen molar-refractivity contribution in [2.24, 2.45) is 0 Å². The number of halogens is 2. The molecule has 0 spiro atoms. The first-order valence-electron chi connectivity index (χ1n) is 6.38. The molecule has 0 fully saturated rings. The van der Waals surface area contributed by atoms with Crippen LogP contribution < -0.4 is 5.32 Å². The van der Waals surface area contributed by atoms with Crippen molar-refractivity contribution in [2.75, 3.05) is 12.4 Å². The fraction of sp³-hybridized carbons (Fsp3) is 0.188. The van der Waals surface area contributed by atoms with E-state index in [1.807, 2.05) is 0 Å². The lowest BCUT2D eigenvalue weighted by molar-refractivity contribution is -0.141. The first-order chi connectivity index (χ1) is 10.0. The van der Waals surface area contributed by atoms with Crippen molar-refractivity contribution in [1.82, 2.24) is 0 Å². The molecule has 0 amide bonds. The smallest absolute Gasteiger partial charge is 0.332 e. The Kier molecular flexibility index (Phi) is 4.52. The van der Waals surface area contributed by atoms with E-state index >= 15 is 0 Å². The average Bonchev–Trinajstić information content (AvgIpc) is 2.48. The molecule has 0 bridgehead atoms. The maximum atomic E-state index is 13.7. The van der Waals surface area contributed by atoms with E-state index in [1.54, 1.807) is 19.1 Å². The highest BCUT2D eigenvalue weighted by atomic mass is 19.1. The zero-order chi connectivity index (χ0) is 15.4. The predicted molar refractivity (Wildman–Crippen MR) is 75.9 cm³/mol. The van der Waals surface area contributed by atoms with E-state index in [9.17, 15) is 13.6 Å². The zero-order valence-electron chi connectivity index (χ0n) is 11.7. The Morgan fingerprint density at radius 3 is 2.48 bits per heavy atom. The number of benzene rings is 2. The number of carbonyl (C=O) groups is 1. The number of methoxy groups -OCH3 is 1. The van der Waals surface area contributed by atoms with E-state index in [4.69, 9.17) is 4.74 Å². The molecule has 0 aliphatic rings. The summed E-state index contributed by atoms with van der Waals surface area (Å²) < 4.78 is 31.8. The third kappa shape index (κ3) is 3.37. The number of rotatable bonds is 4. The molecule has 0 aliphatic heterocycles. The highest BCUT2D eigenvalue weighted by molar-refractivity contribution is 5.81. The van der Waals surface area contributed by atoms with E-state index < -0.39 is 17.8 Å². The molecule has 0 saturated carbocycles. The van der Waals surface area contributed by atoms with Crippen LogP contribution in [0.25, 0.3) is 0 Å². The Bertz CT molecular complexity index is 658. The minimum atomic E-state index is -0.911. The summed E-state index contributed by atoms with van der Waals surface area (Å²) in [5.74, 6) is -1.43. The second kappa shape index (κ2) is 6.35. The van der Waals surface area contributed by atoms with E-state index in [-0.39, 0.29) is 11.5 Å². The minimum absolute atomic E-state index is 0.176. The summed E-state index contributed by atoms with van der Waals surface area (Å²) in [7, 11) is 1.24. The summed E-state index contributed by atoms with van der Waals surface area (Å²) in [5.41, 5.74) is 1.08. The van der Waals surface area contributed by atoms with Gasteiger partial charge in [-0.2, -0.15) is 0 Å². The first-order valence-corrected chi connectivity index (χ1v) is 6.38. The molecular weight excluding hydrogens is 276 g/mol. The van der Waals surface area contributed by atoms with Gasteiger partial charge in [0.05, 0.1) is 12.8 Å². The number of esters is 1. The highest BCUT2D eigenvalue weighted by Crippen LogP contribution is 2.24. The van der Waals surface area contributed by atoms with Crippen LogP contribution in [0.1, 0.15) is 17.2 Å². The Morgan fingerprint density at radius 1 is 1.14 bits per heavy atom. The molecule has 0 aliphatic carbocycles. The molecule has 1 atom stereocenters. The quantitative estimate of drug-likeness (QED) is 0.875. The molecule has 1 N–H and O–H groups in total. The lowest BCUT2D eigenvalue weighted by Gasteiger charge is -2.19. The molecule has 2 rings (SSSR count). The van der Waals surface area contributed by atoms with Crippen LogP contribution in [-0.2, 0) is 9.53 Å². The van der Waals surface area contributed by atoms with Crippen LogP contribution in [0.3, 0.4) is 0 Å². The van der Waals surface area contributed by atoms with Gasteiger partial charge in [-0.25, -0.2) is 13.6 Å². The number of nitrogens with one attached hydrogen (secondary N) is 1. The van der Waals surface area contributed by atoms with E-state index in [2.05, 4.69) is 5.32 Å². The van der Waals surface area contributed by atoms with Crippen molar-refractivity contribution in [3.8, 4) is 0 Å². The number of carbonyl (C=O) groups excluding carboxylic acids is 1. The molecular formula is C16H15F2NO2. The fourth-order valence-electron chi connectivity index (χ4n) is 1.98. The predicted octanol–water partition coefficient (Wildman–Crippen LogP) is 3.60. The van der Waals surface area contributed by atoms with Crippen LogP contribution in [-0.4, -0.2) is 13.1 Å². The van der Waals surface area contributed by atoms with Gasteiger partial charge in [0.25, 0.3) is 0 Å². The van der Waals surface area contributed by atoms with Gasteiger partial charge in [0.15, 0.2) is 6.04 Å². The first kappa shape index (κ1) is 15.0. The average molecular weight is 291 g/mol. The molecule has 0 saturated heterocycles. The third-order valence-electron chi connectivity index (χ3n) is 3.13. The standard InChI is InChI=1S/C16H15F2NO2/c1-10-9-11(7-8-12(10)17)15(16(20)21-2)19-14-6-4-3-5-13(14)18/h3-9,15,19H,1-2H3. The molecule has 2 aromatic carbocycles. The van der Waals surface area contributed by atoms with Gasteiger partial charge in [-0.1, -0.05) is 24.3 Å². The van der Waals surface area contributed by atoms with Crippen molar-refractivity contribution in [1.29, 1.82) is 0 Å². The largest absolute Gasteiger partial charge is 0.467 e.